The zero-order valence-electron chi connectivity index (χ0n) is 11.6. The number of halogens is 1. The van der Waals surface area contributed by atoms with Crippen molar-refractivity contribution in [3.63, 3.8) is 0 Å². The number of rotatable bonds is 3. The Morgan fingerprint density at radius 1 is 1.19 bits per heavy atom. The minimum atomic E-state index is -0.322. The molecule has 0 aliphatic heterocycles. The molecule has 108 valence electrons. The quantitative estimate of drug-likeness (QED) is 0.928. The maximum Gasteiger partial charge on any atom is 0.274 e. The summed E-state index contributed by atoms with van der Waals surface area (Å²) in [6.07, 6.45) is 1.56. The van der Waals surface area contributed by atoms with Gasteiger partial charge in [-0.1, -0.05) is 6.07 Å². The molecule has 1 aromatic heterocycles. The standard InChI is InChI=1S/C15H14BrN3O2/c1-19(2)15(21)10-4-3-5-12(8-10)18-14(20)13-7-6-11(16)9-17-13/h3-9H,1-2H3,(H,18,20). The van der Waals surface area contributed by atoms with Gasteiger partial charge >= 0.3 is 0 Å². The van der Waals surface area contributed by atoms with E-state index in [1.807, 2.05) is 0 Å². The molecule has 0 bridgehead atoms. The molecule has 2 amide bonds. The van der Waals surface area contributed by atoms with Gasteiger partial charge in [-0.2, -0.15) is 0 Å². The molecular weight excluding hydrogens is 334 g/mol. The fraction of sp³-hybridized carbons (Fsp3) is 0.133. The molecule has 0 saturated carbocycles. The first-order chi connectivity index (χ1) is 9.97. The molecule has 2 aromatic rings. The molecule has 1 aromatic carbocycles. The number of benzene rings is 1. The van der Waals surface area contributed by atoms with Crippen molar-refractivity contribution in [1.82, 2.24) is 9.88 Å². The van der Waals surface area contributed by atoms with Gasteiger partial charge in [0, 0.05) is 36.0 Å². The first-order valence-electron chi connectivity index (χ1n) is 6.22. The van der Waals surface area contributed by atoms with Gasteiger partial charge in [0.1, 0.15) is 5.69 Å². The van der Waals surface area contributed by atoms with E-state index in [1.165, 1.54) is 4.90 Å². The Kier molecular flexibility index (Phi) is 4.70. The third-order valence-electron chi connectivity index (χ3n) is 2.73. The molecule has 21 heavy (non-hydrogen) atoms. The Hall–Kier alpha value is -2.21. The molecule has 0 fully saturated rings. The highest BCUT2D eigenvalue weighted by molar-refractivity contribution is 9.10. The largest absolute Gasteiger partial charge is 0.345 e. The number of anilines is 1. The molecule has 1 N–H and O–H groups in total. The minimum Gasteiger partial charge on any atom is -0.345 e. The minimum absolute atomic E-state index is 0.118. The number of carbonyl (C=O) groups is 2. The summed E-state index contributed by atoms with van der Waals surface area (Å²) in [4.78, 5) is 29.5. The van der Waals surface area contributed by atoms with Crippen LogP contribution in [-0.2, 0) is 0 Å². The van der Waals surface area contributed by atoms with Crippen LogP contribution in [0, 0.1) is 0 Å². The summed E-state index contributed by atoms with van der Waals surface area (Å²) in [6.45, 7) is 0. The molecule has 0 atom stereocenters. The van der Waals surface area contributed by atoms with E-state index >= 15 is 0 Å². The smallest absolute Gasteiger partial charge is 0.274 e. The maximum absolute atomic E-state index is 12.1. The van der Waals surface area contributed by atoms with Gasteiger partial charge in [-0.05, 0) is 46.3 Å². The summed E-state index contributed by atoms with van der Waals surface area (Å²) in [5.74, 6) is -0.440. The molecular formula is C15H14BrN3O2. The Bertz CT molecular complexity index is 669. The van der Waals surface area contributed by atoms with Crippen molar-refractivity contribution in [1.29, 1.82) is 0 Å². The number of nitrogens with zero attached hydrogens (tertiary/aromatic N) is 2. The highest BCUT2D eigenvalue weighted by Crippen LogP contribution is 2.14. The van der Waals surface area contributed by atoms with Crippen LogP contribution in [0.4, 0.5) is 5.69 Å². The third kappa shape index (κ3) is 3.88. The fourth-order valence-electron chi connectivity index (χ4n) is 1.69. The van der Waals surface area contributed by atoms with Crippen LogP contribution in [0.15, 0.2) is 47.1 Å². The zero-order chi connectivity index (χ0) is 15.4. The van der Waals surface area contributed by atoms with Crippen molar-refractivity contribution in [3.05, 3.63) is 58.3 Å². The average molecular weight is 348 g/mol. The van der Waals surface area contributed by atoms with E-state index in [2.05, 4.69) is 26.2 Å². The second-order valence-corrected chi connectivity index (χ2v) is 5.51. The Balaban J connectivity index is 2.16. The Labute approximate surface area is 131 Å². The van der Waals surface area contributed by atoms with Crippen LogP contribution >= 0.6 is 15.9 Å². The summed E-state index contributed by atoms with van der Waals surface area (Å²) >= 11 is 3.26. The first kappa shape index (κ1) is 15.2. The lowest BCUT2D eigenvalue weighted by Crippen LogP contribution is -2.22. The molecule has 0 aliphatic carbocycles. The van der Waals surface area contributed by atoms with Gasteiger partial charge in [0.2, 0.25) is 0 Å². The molecule has 0 saturated heterocycles. The van der Waals surface area contributed by atoms with E-state index in [1.54, 1.807) is 56.7 Å². The number of pyridine rings is 1. The summed E-state index contributed by atoms with van der Waals surface area (Å²) in [7, 11) is 3.36. The average Bonchev–Trinajstić information content (AvgIpc) is 2.47. The van der Waals surface area contributed by atoms with E-state index in [9.17, 15) is 9.59 Å². The van der Waals surface area contributed by atoms with E-state index in [-0.39, 0.29) is 11.8 Å². The second kappa shape index (κ2) is 6.49. The topological polar surface area (TPSA) is 62.3 Å². The van der Waals surface area contributed by atoms with E-state index < -0.39 is 0 Å². The number of hydrogen-bond acceptors (Lipinski definition) is 3. The number of hydrogen-bond donors (Lipinski definition) is 1. The fourth-order valence-corrected chi connectivity index (χ4v) is 1.93. The van der Waals surface area contributed by atoms with Gasteiger partial charge in [-0.25, -0.2) is 4.98 Å². The van der Waals surface area contributed by atoms with Gasteiger partial charge in [-0.3, -0.25) is 9.59 Å². The summed E-state index contributed by atoms with van der Waals surface area (Å²) in [6, 6.07) is 10.2. The van der Waals surface area contributed by atoms with Gasteiger partial charge in [0.05, 0.1) is 0 Å². The van der Waals surface area contributed by atoms with Crippen LogP contribution in [-0.4, -0.2) is 35.8 Å². The zero-order valence-corrected chi connectivity index (χ0v) is 13.2. The van der Waals surface area contributed by atoms with Crippen LogP contribution in [0.5, 0.6) is 0 Å². The van der Waals surface area contributed by atoms with E-state index in [0.717, 1.165) is 4.47 Å². The Morgan fingerprint density at radius 3 is 2.57 bits per heavy atom. The van der Waals surface area contributed by atoms with Crippen LogP contribution < -0.4 is 5.32 Å². The molecule has 0 aliphatic rings. The second-order valence-electron chi connectivity index (χ2n) is 4.60. The van der Waals surface area contributed by atoms with Crippen molar-refractivity contribution >= 4 is 33.4 Å². The molecule has 0 radical (unpaired) electrons. The molecule has 5 nitrogen and oxygen atoms in total. The SMILES string of the molecule is CN(C)C(=O)c1cccc(NC(=O)c2ccc(Br)cn2)c1. The van der Waals surface area contributed by atoms with Crippen LogP contribution in [0.3, 0.4) is 0 Å². The molecule has 2 rings (SSSR count). The number of aromatic nitrogens is 1. The van der Waals surface area contributed by atoms with Crippen LogP contribution in [0.1, 0.15) is 20.8 Å². The number of carbonyl (C=O) groups excluding carboxylic acids is 2. The Morgan fingerprint density at radius 2 is 1.95 bits per heavy atom. The van der Waals surface area contributed by atoms with Crippen molar-refractivity contribution in [3.8, 4) is 0 Å². The maximum atomic E-state index is 12.1. The lowest BCUT2D eigenvalue weighted by atomic mass is 10.2. The van der Waals surface area contributed by atoms with Crippen molar-refractivity contribution in [2.75, 3.05) is 19.4 Å². The predicted molar refractivity (Wildman–Crippen MR) is 84.3 cm³/mol. The molecule has 0 spiro atoms. The van der Waals surface area contributed by atoms with Crippen LogP contribution in [0.2, 0.25) is 0 Å². The lowest BCUT2D eigenvalue weighted by Gasteiger charge is -2.11. The van der Waals surface area contributed by atoms with Gasteiger partial charge in [-0.15, -0.1) is 0 Å². The predicted octanol–water partition coefficient (Wildman–Crippen LogP) is 2.80. The summed E-state index contributed by atoms with van der Waals surface area (Å²) in [5, 5.41) is 2.72. The summed E-state index contributed by atoms with van der Waals surface area (Å²) in [5.41, 5.74) is 1.38. The normalized spacial score (nSPS) is 10.0. The van der Waals surface area contributed by atoms with Gasteiger partial charge < -0.3 is 10.2 Å². The molecule has 1 heterocycles. The highest BCUT2D eigenvalue weighted by atomic mass is 79.9. The monoisotopic (exact) mass is 347 g/mol. The number of amides is 2. The number of nitrogens with one attached hydrogen (secondary N) is 1. The van der Waals surface area contributed by atoms with Crippen molar-refractivity contribution in [2.24, 2.45) is 0 Å². The van der Waals surface area contributed by atoms with E-state index in [4.69, 9.17) is 0 Å². The lowest BCUT2D eigenvalue weighted by molar-refractivity contribution is 0.0827. The first-order valence-corrected chi connectivity index (χ1v) is 7.01. The third-order valence-corrected chi connectivity index (χ3v) is 3.20. The summed E-state index contributed by atoms with van der Waals surface area (Å²) < 4.78 is 0.803. The molecule has 0 unspecified atom stereocenters. The van der Waals surface area contributed by atoms with Gasteiger partial charge in [0.25, 0.3) is 11.8 Å². The highest BCUT2D eigenvalue weighted by Gasteiger charge is 2.11. The van der Waals surface area contributed by atoms with Crippen LogP contribution in [0.25, 0.3) is 0 Å². The molecule has 6 heteroatoms. The van der Waals surface area contributed by atoms with Crippen molar-refractivity contribution in [2.45, 2.75) is 0 Å². The van der Waals surface area contributed by atoms with Gasteiger partial charge in [0.15, 0.2) is 0 Å². The van der Waals surface area contributed by atoms with E-state index in [0.29, 0.717) is 16.9 Å². The van der Waals surface area contributed by atoms with Crippen molar-refractivity contribution < 1.29 is 9.59 Å².